The number of benzene rings is 1. The monoisotopic (exact) mass is 321 g/mol. The molecule has 22 heavy (non-hydrogen) atoms. The van der Waals surface area contributed by atoms with Gasteiger partial charge >= 0.3 is 0 Å². The number of nitriles is 1. The summed E-state index contributed by atoms with van der Waals surface area (Å²) in [4.78, 5) is 13.7. The van der Waals surface area contributed by atoms with Gasteiger partial charge in [0.2, 0.25) is 5.91 Å². The third kappa shape index (κ3) is 5.21. The maximum Gasteiger partial charge on any atom is 0.238 e. The van der Waals surface area contributed by atoms with Crippen LogP contribution < -0.4 is 10.1 Å². The number of halogens is 1. The van der Waals surface area contributed by atoms with Crippen molar-refractivity contribution in [3.05, 3.63) is 23.2 Å². The molecule has 118 valence electrons. The van der Waals surface area contributed by atoms with E-state index in [4.69, 9.17) is 21.6 Å². The first-order valence-corrected chi connectivity index (χ1v) is 7.88. The highest BCUT2D eigenvalue weighted by molar-refractivity contribution is 6.32. The van der Waals surface area contributed by atoms with Crippen LogP contribution in [0.5, 0.6) is 5.75 Å². The second-order valence-electron chi connectivity index (χ2n) is 5.28. The van der Waals surface area contributed by atoms with E-state index in [1.165, 1.54) is 19.3 Å². The van der Waals surface area contributed by atoms with Crippen molar-refractivity contribution < 1.29 is 9.53 Å². The Labute approximate surface area is 135 Å². The molecule has 1 aromatic rings. The maximum absolute atomic E-state index is 11.3. The predicted molar refractivity (Wildman–Crippen MR) is 86.1 cm³/mol. The normalized spacial score (nSPS) is 15.1. The molecule has 2 rings (SSSR count). The van der Waals surface area contributed by atoms with Crippen LogP contribution in [0.25, 0.3) is 0 Å². The molecule has 0 atom stereocenters. The summed E-state index contributed by atoms with van der Waals surface area (Å²) in [6.07, 6.45) is 3.67. The minimum absolute atomic E-state index is 0.175. The van der Waals surface area contributed by atoms with Crippen molar-refractivity contribution in [2.45, 2.75) is 25.7 Å². The maximum atomic E-state index is 11.3. The number of ether oxygens (including phenoxy) is 1. The molecule has 1 aromatic carbocycles. The average molecular weight is 322 g/mol. The van der Waals surface area contributed by atoms with Gasteiger partial charge in [0.1, 0.15) is 18.8 Å². The molecule has 1 fully saturated rings. The Hall–Kier alpha value is -1.77. The van der Waals surface area contributed by atoms with Gasteiger partial charge in [-0.1, -0.05) is 18.0 Å². The van der Waals surface area contributed by atoms with E-state index in [0.29, 0.717) is 23.1 Å². The van der Waals surface area contributed by atoms with Gasteiger partial charge in [-0.05, 0) is 44.1 Å². The Morgan fingerprint density at radius 1 is 1.36 bits per heavy atom. The van der Waals surface area contributed by atoms with Crippen LogP contribution in [0.4, 0.5) is 5.69 Å². The van der Waals surface area contributed by atoms with E-state index in [2.05, 4.69) is 10.2 Å². The summed E-state index contributed by atoms with van der Waals surface area (Å²) in [7, 11) is 0. The van der Waals surface area contributed by atoms with Crippen LogP contribution in [0.15, 0.2) is 18.2 Å². The quantitative estimate of drug-likeness (QED) is 0.874. The molecule has 1 heterocycles. The van der Waals surface area contributed by atoms with Crippen molar-refractivity contribution >= 4 is 23.2 Å². The largest absolute Gasteiger partial charge is 0.491 e. The molecule has 1 N–H and O–H groups in total. The highest BCUT2D eigenvalue weighted by Crippen LogP contribution is 2.27. The minimum atomic E-state index is -0.350. The molecule has 6 heteroatoms. The lowest BCUT2D eigenvalue weighted by Crippen LogP contribution is -2.33. The zero-order valence-electron chi connectivity index (χ0n) is 12.5. The van der Waals surface area contributed by atoms with Crippen LogP contribution in [0, 0.1) is 11.3 Å². The first kappa shape index (κ1) is 16.6. The van der Waals surface area contributed by atoms with Gasteiger partial charge in [-0.25, -0.2) is 0 Å². The highest BCUT2D eigenvalue weighted by atomic mass is 35.5. The summed E-state index contributed by atoms with van der Waals surface area (Å²) in [6.45, 7) is 3.78. The van der Waals surface area contributed by atoms with Crippen molar-refractivity contribution in [2.24, 2.45) is 0 Å². The number of hydrogen-bond acceptors (Lipinski definition) is 4. The number of amides is 1. The zero-order chi connectivity index (χ0) is 15.8. The van der Waals surface area contributed by atoms with E-state index in [9.17, 15) is 4.79 Å². The standard InChI is InChI=1S/C16H20ClN3O2/c17-14-12-13(19-16(21)6-7-18)4-5-15(14)22-11-10-20-8-2-1-3-9-20/h4-5,12H,1-3,6,8-11H2,(H,19,21). The summed E-state index contributed by atoms with van der Waals surface area (Å²) in [6, 6.07) is 6.89. The van der Waals surface area contributed by atoms with E-state index < -0.39 is 0 Å². The van der Waals surface area contributed by atoms with E-state index >= 15 is 0 Å². The van der Waals surface area contributed by atoms with Gasteiger partial charge in [0.25, 0.3) is 0 Å². The fraction of sp³-hybridized carbons (Fsp3) is 0.500. The van der Waals surface area contributed by atoms with E-state index in [0.717, 1.165) is 19.6 Å². The van der Waals surface area contributed by atoms with E-state index in [1.807, 2.05) is 0 Å². The lowest BCUT2D eigenvalue weighted by atomic mass is 10.1. The van der Waals surface area contributed by atoms with Crippen molar-refractivity contribution in [3.8, 4) is 11.8 Å². The van der Waals surface area contributed by atoms with E-state index in [1.54, 1.807) is 24.3 Å². The number of nitrogens with one attached hydrogen (secondary N) is 1. The third-order valence-electron chi connectivity index (χ3n) is 3.57. The molecule has 1 aliphatic rings. The van der Waals surface area contributed by atoms with Gasteiger partial charge in [0, 0.05) is 12.2 Å². The Morgan fingerprint density at radius 2 is 2.14 bits per heavy atom. The number of piperidine rings is 1. The second-order valence-corrected chi connectivity index (χ2v) is 5.69. The van der Waals surface area contributed by atoms with Gasteiger partial charge in [0.15, 0.2) is 0 Å². The SMILES string of the molecule is N#CCC(=O)Nc1ccc(OCCN2CCCCC2)c(Cl)c1. The van der Waals surface area contributed by atoms with E-state index in [-0.39, 0.29) is 12.3 Å². The number of rotatable bonds is 6. The van der Waals surface area contributed by atoms with Crippen LogP contribution in [-0.2, 0) is 4.79 Å². The number of hydrogen-bond donors (Lipinski definition) is 1. The molecule has 0 aromatic heterocycles. The highest BCUT2D eigenvalue weighted by Gasteiger charge is 2.10. The Bertz CT molecular complexity index is 551. The topological polar surface area (TPSA) is 65.4 Å². The summed E-state index contributed by atoms with van der Waals surface area (Å²) >= 11 is 6.16. The molecule has 0 aliphatic carbocycles. The third-order valence-corrected chi connectivity index (χ3v) is 3.86. The first-order valence-electron chi connectivity index (χ1n) is 7.50. The van der Waals surface area contributed by atoms with Crippen LogP contribution in [-0.4, -0.2) is 37.0 Å². The number of carbonyl (C=O) groups is 1. The number of nitrogens with zero attached hydrogens (tertiary/aromatic N) is 2. The molecule has 0 saturated carbocycles. The van der Waals surface area contributed by atoms with Crippen LogP contribution in [0.3, 0.4) is 0 Å². The fourth-order valence-electron chi connectivity index (χ4n) is 2.44. The van der Waals surface area contributed by atoms with Gasteiger partial charge in [-0.3, -0.25) is 9.69 Å². The molecule has 0 radical (unpaired) electrons. The van der Waals surface area contributed by atoms with Crippen molar-refractivity contribution in [1.29, 1.82) is 5.26 Å². The molecule has 1 saturated heterocycles. The first-order chi connectivity index (χ1) is 10.7. The molecule has 0 unspecified atom stereocenters. The summed E-state index contributed by atoms with van der Waals surface area (Å²) < 4.78 is 5.71. The summed E-state index contributed by atoms with van der Waals surface area (Å²) in [5.74, 6) is 0.259. The summed E-state index contributed by atoms with van der Waals surface area (Å²) in [5, 5.41) is 11.5. The van der Waals surface area contributed by atoms with Crippen molar-refractivity contribution in [2.75, 3.05) is 31.6 Å². The zero-order valence-corrected chi connectivity index (χ0v) is 13.2. The molecule has 0 bridgehead atoms. The van der Waals surface area contributed by atoms with Crippen molar-refractivity contribution in [3.63, 3.8) is 0 Å². The lowest BCUT2D eigenvalue weighted by Gasteiger charge is -2.26. The van der Waals surface area contributed by atoms with Gasteiger partial charge < -0.3 is 10.1 Å². The number of carbonyl (C=O) groups excluding carboxylic acids is 1. The second kappa shape index (κ2) is 8.62. The van der Waals surface area contributed by atoms with Gasteiger partial charge in [-0.2, -0.15) is 5.26 Å². The lowest BCUT2D eigenvalue weighted by molar-refractivity contribution is -0.115. The average Bonchev–Trinajstić information content (AvgIpc) is 2.51. The molecule has 1 aliphatic heterocycles. The predicted octanol–water partition coefficient (Wildman–Crippen LogP) is 3.06. The Kier molecular flexibility index (Phi) is 6.50. The minimum Gasteiger partial charge on any atom is -0.491 e. The fourth-order valence-corrected chi connectivity index (χ4v) is 2.68. The van der Waals surface area contributed by atoms with Crippen molar-refractivity contribution in [1.82, 2.24) is 4.90 Å². The molecule has 1 amide bonds. The number of anilines is 1. The summed E-state index contributed by atoms with van der Waals surface area (Å²) in [5.41, 5.74) is 0.564. The smallest absolute Gasteiger partial charge is 0.238 e. The van der Waals surface area contributed by atoms with Crippen LogP contribution >= 0.6 is 11.6 Å². The Balaban J connectivity index is 1.81. The molecule has 5 nitrogen and oxygen atoms in total. The Morgan fingerprint density at radius 3 is 2.82 bits per heavy atom. The van der Waals surface area contributed by atoms with Gasteiger partial charge in [-0.15, -0.1) is 0 Å². The van der Waals surface area contributed by atoms with Crippen LogP contribution in [0.1, 0.15) is 25.7 Å². The molecular weight excluding hydrogens is 302 g/mol. The van der Waals surface area contributed by atoms with Crippen LogP contribution in [0.2, 0.25) is 5.02 Å². The molecular formula is C16H20ClN3O2. The van der Waals surface area contributed by atoms with Gasteiger partial charge in [0.05, 0.1) is 11.1 Å². The number of likely N-dealkylation sites (tertiary alicyclic amines) is 1. The molecule has 0 spiro atoms.